The Bertz CT molecular complexity index is 478. The van der Waals surface area contributed by atoms with Crippen molar-refractivity contribution in [3.8, 4) is 0 Å². The molecule has 1 aliphatic carbocycles. The van der Waals surface area contributed by atoms with Gasteiger partial charge in [0.15, 0.2) is 0 Å². The fraction of sp³-hybridized carbons (Fsp3) is 0.471. The summed E-state index contributed by atoms with van der Waals surface area (Å²) in [6.07, 6.45) is 7.16. The Morgan fingerprint density at radius 2 is 1.70 bits per heavy atom. The van der Waals surface area contributed by atoms with Gasteiger partial charge in [-0.1, -0.05) is 44.9 Å². The van der Waals surface area contributed by atoms with Gasteiger partial charge in [-0.3, -0.25) is 0 Å². The van der Waals surface area contributed by atoms with Gasteiger partial charge < -0.3 is 17.7 Å². The predicted octanol–water partition coefficient (Wildman–Crippen LogP) is -0.895. The Balaban J connectivity index is 0.00000200. The monoisotopic (exact) mass is 292 g/mol. The molecule has 0 unspecified atom stereocenters. The van der Waals surface area contributed by atoms with Crippen LogP contribution in [0.25, 0.3) is 5.70 Å². The van der Waals surface area contributed by atoms with Gasteiger partial charge in [0.05, 0.1) is 5.56 Å². The second-order valence-corrected chi connectivity index (χ2v) is 5.08. The van der Waals surface area contributed by atoms with Crippen molar-refractivity contribution in [2.75, 3.05) is 13.1 Å². The van der Waals surface area contributed by atoms with E-state index in [-0.39, 0.29) is 12.4 Å². The molecule has 0 radical (unpaired) electrons. The van der Waals surface area contributed by atoms with E-state index in [1.165, 1.54) is 48.2 Å². The van der Waals surface area contributed by atoms with E-state index in [2.05, 4.69) is 54.5 Å². The van der Waals surface area contributed by atoms with Crippen molar-refractivity contribution in [3.05, 3.63) is 41.5 Å². The molecule has 2 nitrogen and oxygen atoms in total. The molecular weight excluding hydrogens is 268 g/mol. The van der Waals surface area contributed by atoms with Crippen LogP contribution in [-0.2, 0) is 0 Å². The number of allylic oxidation sites excluding steroid dienone is 1. The van der Waals surface area contributed by atoms with E-state index < -0.39 is 0 Å². The maximum absolute atomic E-state index is 3.56. The molecule has 1 aromatic carbocycles. The number of hydrogen-bond donors (Lipinski definition) is 2. The lowest BCUT2D eigenvalue weighted by Gasteiger charge is -2.07. The van der Waals surface area contributed by atoms with Gasteiger partial charge in [0, 0.05) is 30.3 Å². The van der Waals surface area contributed by atoms with Crippen LogP contribution >= 0.6 is 0 Å². The Kier molecular flexibility index (Phi) is 7.38. The average molecular weight is 293 g/mol. The topological polar surface area (TPSA) is 26.0 Å². The van der Waals surface area contributed by atoms with Gasteiger partial charge in [-0.2, -0.15) is 0 Å². The Hall–Kier alpha value is -1.28. The number of fused-ring (bicyclic) bond motifs is 1. The average Bonchev–Trinajstić information content (AvgIpc) is 2.79. The van der Waals surface area contributed by atoms with E-state index in [1.54, 1.807) is 0 Å². The molecule has 0 fully saturated rings. The highest BCUT2D eigenvalue weighted by atomic mass is 35.5. The maximum atomic E-state index is 3.56. The van der Waals surface area contributed by atoms with Crippen molar-refractivity contribution in [2.45, 2.75) is 39.5 Å². The van der Waals surface area contributed by atoms with Gasteiger partial charge in [-0.25, -0.2) is 4.99 Å². The Morgan fingerprint density at radius 3 is 2.40 bits per heavy atom. The molecule has 3 heteroatoms. The summed E-state index contributed by atoms with van der Waals surface area (Å²) in [5.41, 5.74) is 5.20. The molecule has 0 atom stereocenters. The summed E-state index contributed by atoms with van der Waals surface area (Å²) >= 11 is 0. The summed E-state index contributed by atoms with van der Waals surface area (Å²) in [6, 6.07) is 8.63. The maximum Gasteiger partial charge on any atom is 0.208 e. The molecule has 1 aliphatic rings. The number of nitrogens with one attached hydrogen (secondary N) is 2. The number of hydrogen-bond acceptors (Lipinski definition) is 1. The van der Waals surface area contributed by atoms with Gasteiger partial charge in [0.25, 0.3) is 0 Å². The summed E-state index contributed by atoms with van der Waals surface area (Å²) in [4.78, 5) is 3.56. The molecule has 2 rings (SSSR count). The zero-order valence-corrected chi connectivity index (χ0v) is 13.3. The van der Waals surface area contributed by atoms with E-state index in [0.29, 0.717) is 0 Å². The zero-order chi connectivity index (χ0) is 13.5. The van der Waals surface area contributed by atoms with Gasteiger partial charge in [-0.05, 0) is 12.5 Å². The minimum atomic E-state index is 0. The quantitative estimate of drug-likeness (QED) is 0.626. The molecule has 2 N–H and O–H groups in total. The summed E-state index contributed by atoms with van der Waals surface area (Å²) < 4.78 is 0. The lowest BCUT2D eigenvalue weighted by atomic mass is 10.1. The molecule has 0 spiro atoms. The van der Waals surface area contributed by atoms with Crippen molar-refractivity contribution >= 4 is 11.4 Å². The molecule has 0 saturated heterocycles. The third-order valence-corrected chi connectivity index (χ3v) is 3.49. The van der Waals surface area contributed by atoms with Crippen LogP contribution in [0.5, 0.6) is 0 Å². The largest absolute Gasteiger partial charge is 1.00 e. The number of unbranched alkanes of at least 4 members (excludes halogenated alkanes) is 2. The fourth-order valence-electron chi connectivity index (χ4n) is 2.34. The Morgan fingerprint density at radius 1 is 1.00 bits per heavy atom. The highest BCUT2D eigenvalue weighted by molar-refractivity contribution is 6.16. The molecular formula is C17H25ClN2. The van der Waals surface area contributed by atoms with E-state index >= 15 is 0 Å². The molecule has 0 saturated carbocycles. The lowest BCUT2D eigenvalue weighted by Crippen LogP contribution is -3.00. The van der Waals surface area contributed by atoms with Crippen LogP contribution in [0.4, 0.5) is 0 Å². The van der Waals surface area contributed by atoms with Crippen molar-refractivity contribution in [3.63, 3.8) is 0 Å². The highest BCUT2D eigenvalue weighted by Gasteiger charge is 2.22. The molecule has 20 heavy (non-hydrogen) atoms. The van der Waals surface area contributed by atoms with E-state index in [0.717, 1.165) is 13.1 Å². The molecule has 0 aromatic heterocycles. The van der Waals surface area contributed by atoms with Crippen molar-refractivity contribution in [2.24, 2.45) is 0 Å². The third kappa shape index (κ3) is 4.11. The molecule has 0 aliphatic heterocycles. The second-order valence-electron chi connectivity index (χ2n) is 5.08. The van der Waals surface area contributed by atoms with Crippen LogP contribution in [0.2, 0.25) is 0 Å². The van der Waals surface area contributed by atoms with Crippen molar-refractivity contribution in [1.29, 1.82) is 0 Å². The van der Waals surface area contributed by atoms with Crippen LogP contribution in [0.15, 0.2) is 30.3 Å². The molecule has 0 bridgehead atoms. The van der Waals surface area contributed by atoms with Gasteiger partial charge in [0.2, 0.25) is 5.71 Å². The van der Waals surface area contributed by atoms with Crippen LogP contribution in [0, 0.1) is 0 Å². The van der Waals surface area contributed by atoms with E-state index in [9.17, 15) is 0 Å². The number of rotatable bonds is 7. The normalized spacial score (nSPS) is 14.7. The summed E-state index contributed by atoms with van der Waals surface area (Å²) in [7, 11) is 0. The summed E-state index contributed by atoms with van der Waals surface area (Å²) in [6.45, 7) is 6.56. The number of halogens is 1. The van der Waals surface area contributed by atoms with E-state index in [1.807, 2.05) is 0 Å². The molecule has 0 heterocycles. The van der Waals surface area contributed by atoms with Crippen LogP contribution in [0.1, 0.15) is 50.7 Å². The smallest absolute Gasteiger partial charge is 0.208 e. The molecule has 1 aromatic rings. The van der Waals surface area contributed by atoms with Gasteiger partial charge >= 0.3 is 0 Å². The lowest BCUT2D eigenvalue weighted by molar-refractivity contribution is -0.456. The van der Waals surface area contributed by atoms with E-state index in [4.69, 9.17) is 0 Å². The van der Waals surface area contributed by atoms with Crippen molar-refractivity contribution in [1.82, 2.24) is 5.32 Å². The van der Waals surface area contributed by atoms with Crippen LogP contribution in [0.3, 0.4) is 0 Å². The Labute approximate surface area is 128 Å². The first kappa shape index (κ1) is 16.8. The summed E-state index contributed by atoms with van der Waals surface area (Å²) in [5.74, 6) is 0. The second kappa shape index (κ2) is 8.80. The first-order valence-corrected chi connectivity index (χ1v) is 7.53. The van der Waals surface area contributed by atoms with Crippen LogP contribution in [-0.4, -0.2) is 18.8 Å². The minimum Gasteiger partial charge on any atom is -1.00 e. The highest BCUT2D eigenvalue weighted by Crippen LogP contribution is 2.23. The molecule has 0 amide bonds. The predicted molar refractivity (Wildman–Crippen MR) is 82.2 cm³/mol. The van der Waals surface area contributed by atoms with Gasteiger partial charge in [-0.15, -0.1) is 0 Å². The zero-order valence-electron chi connectivity index (χ0n) is 12.5. The molecule has 110 valence electrons. The SMILES string of the molecule is CCCCNC1=CC(=[NH+]CCCC)c2ccccc21.[Cl-]. The number of benzene rings is 1. The first-order chi connectivity index (χ1) is 9.36. The van der Waals surface area contributed by atoms with Crippen LogP contribution < -0.4 is 22.7 Å². The van der Waals surface area contributed by atoms with Crippen molar-refractivity contribution < 1.29 is 17.4 Å². The fourth-order valence-corrected chi connectivity index (χ4v) is 2.34. The summed E-state index contributed by atoms with van der Waals surface area (Å²) in [5, 5.41) is 3.56. The third-order valence-electron chi connectivity index (χ3n) is 3.49. The minimum absolute atomic E-state index is 0. The van der Waals surface area contributed by atoms with Gasteiger partial charge in [0.1, 0.15) is 6.54 Å². The first-order valence-electron chi connectivity index (χ1n) is 7.53. The standard InChI is InChI=1S/C17H24N2.ClH/c1-3-5-11-18-16-13-17(19-12-6-4-2)15-10-8-7-9-14(15)16;/h7-10,13,18H,3-6,11-12H2,1-2H3;1H.